The number of hydrogen-bond acceptors (Lipinski definition) is 6. The number of methoxy groups -OCH3 is 2. The van der Waals surface area contributed by atoms with E-state index in [-0.39, 0.29) is 12.1 Å². The van der Waals surface area contributed by atoms with Crippen LogP contribution in [0.2, 0.25) is 0 Å². The van der Waals surface area contributed by atoms with Gasteiger partial charge in [-0.25, -0.2) is 0 Å². The first kappa shape index (κ1) is 23.3. The second-order valence-corrected chi connectivity index (χ2v) is 8.16. The van der Waals surface area contributed by atoms with E-state index >= 15 is 0 Å². The first-order chi connectivity index (χ1) is 15.5. The number of carbonyl (C=O) groups is 1. The second kappa shape index (κ2) is 10.8. The van der Waals surface area contributed by atoms with Crippen LogP contribution < -0.4 is 24.3 Å². The fourth-order valence-corrected chi connectivity index (χ4v) is 3.97. The minimum absolute atomic E-state index is 0.0576. The Morgan fingerprint density at radius 2 is 1.97 bits per heavy atom. The molecular weight excluding hydrogens is 408 g/mol. The molecule has 0 saturated heterocycles. The van der Waals surface area contributed by atoms with Crippen LogP contribution in [0, 0.1) is 16.7 Å². The normalized spacial score (nSPS) is 17.4. The minimum Gasteiger partial charge on any atom is -0.493 e. The number of amides is 1. The zero-order valence-corrected chi connectivity index (χ0v) is 18.8. The smallest absolute Gasteiger partial charge is 0.207 e. The van der Waals surface area contributed by atoms with E-state index in [9.17, 15) is 10.1 Å². The van der Waals surface area contributed by atoms with Crippen molar-refractivity contribution in [2.24, 2.45) is 5.41 Å². The molecule has 1 heterocycles. The number of fused-ring (bicyclic) bond motifs is 1. The van der Waals surface area contributed by atoms with Crippen molar-refractivity contribution in [3.63, 3.8) is 0 Å². The molecule has 170 valence electrons. The van der Waals surface area contributed by atoms with Crippen LogP contribution in [0.4, 0.5) is 0 Å². The van der Waals surface area contributed by atoms with Crippen LogP contribution in [0.5, 0.6) is 23.0 Å². The zero-order valence-electron chi connectivity index (χ0n) is 18.8. The second-order valence-electron chi connectivity index (χ2n) is 8.16. The standard InChI is InChI=1S/C25H30N2O5/c1-25(16-26,24-15-31-21-8-4-5-9-22(21)32-24)12-6-7-19(27-17-28)13-18-10-11-20(29-2)23(14-18)30-3/h4-5,8-11,14,17,19,24H,6-7,12-13,15H2,1-3H3,(H,27,28). The van der Waals surface area contributed by atoms with Gasteiger partial charge in [0, 0.05) is 6.04 Å². The molecule has 0 fully saturated rings. The molecule has 3 atom stereocenters. The highest BCUT2D eigenvalue weighted by Crippen LogP contribution is 2.38. The predicted octanol–water partition coefficient (Wildman–Crippen LogP) is 3.90. The van der Waals surface area contributed by atoms with Crippen molar-refractivity contribution in [1.82, 2.24) is 5.32 Å². The van der Waals surface area contributed by atoms with Crippen molar-refractivity contribution in [3.8, 4) is 29.1 Å². The largest absolute Gasteiger partial charge is 0.493 e. The summed E-state index contributed by atoms with van der Waals surface area (Å²) in [6.07, 6.45) is 3.13. The highest BCUT2D eigenvalue weighted by molar-refractivity contribution is 5.47. The minimum atomic E-state index is -0.706. The lowest BCUT2D eigenvalue weighted by Gasteiger charge is -2.35. The van der Waals surface area contributed by atoms with Gasteiger partial charge in [-0.2, -0.15) is 5.26 Å². The van der Waals surface area contributed by atoms with Gasteiger partial charge < -0.3 is 24.3 Å². The predicted molar refractivity (Wildman–Crippen MR) is 120 cm³/mol. The molecule has 1 aliphatic heterocycles. The van der Waals surface area contributed by atoms with E-state index in [1.54, 1.807) is 14.2 Å². The van der Waals surface area contributed by atoms with Crippen molar-refractivity contribution in [3.05, 3.63) is 48.0 Å². The summed E-state index contributed by atoms with van der Waals surface area (Å²) in [5.41, 5.74) is 0.327. The Morgan fingerprint density at radius 3 is 2.66 bits per heavy atom. The zero-order chi connectivity index (χ0) is 23.0. The molecule has 3 unspecified atom stereocenters. The molecule has 0 aliphatic carbocycles. The maximum Gasteiger partial charge on any atom is 0.207 e. The van der Waals surface area contributed by atoms with Gasteiger partial charge in [0.05, 0.1) is 25.7 Å². The Hall–Kier alpha value is -3.40. The van der Waals surface area contributed by atoms with Gasteiger partial charge >= 0.3 is 0 Å². The van der Waals surface area contributed by atoms with Gasteiger partial charge in [0.1, 0.15) is 6.61 Å². The average molecular weight is 439 g/mol. The molecule has 2 aromatic rings. The number of para-hydroxylation sites is 2. The number of nitrogens with zero attached hydrogens (tertiary/aromatic N) is 1. The van der Waals surface area contributed by atoms with E-state index in [2.05, 4.69) is 11.4 Å². The molecule has 2 aromatic carbocycles. The van der Waals surface area contributed by atoms with Gasteiger partial charge in [-0.3, -0.25) is 4.79 Å². The molecule has 7 heteroatoms. The van der Waals surface area contributed by atoms with Crippen LogP contribution in [-0.4, -0.2) is 39.4 Å². The number of nitrogens with one attached hydrogen (secondary N) is 1. The summed E-state index contributed by atoms with van der Waals surface area (Å²) in [4.78, 5) is 11.2. The molecule has 0 radical (unpaired) electrons. The van der Waals surface area contributed by atoms with E-state index in [1.807, 2.05) is 49.4 Å². The highest BCUT2D eigenvalue weighted by Gasteiger charge is 2.39. The quantitative estimate of drug-likeness (QED) is 0.535. The summed E-state index contributed by atoms with van der Waals surface area (Å²) in [6, 6.07) is 15.6. The number of carbonyl (C=O) groups excluding carboxylic acids is 1. The number of hydrogen-bond donors (Lipinski definition) is 1. The third-order valence-electron chi connectivity index (χ3n) is 5.96. The fourth-order valence-electron chi connectivity index (χ4n) is 3.97. The van der Waals surface area contributed by atoms with Crippen molar-refractivity contribution in [2.45, 2.75) is 44.8 Å². The summed E-state index contributed by atoms with van der Waals surface area (Å²) < 4.78 is 22.6. The molecule has 0 spiro atoms. The Kier molecular flexibility index (Phi) is 7.82. The van der Waals surface area contributed by atoms with Crippen molar-refractivity contribution in [1.29, 1.82) is 5.26 Å². The summed E-state index contributed by atoms with van der Waals surface area (Å²) in [5, 5.41) is 12.8. The van der Waals surface area contributed by atoms with Crippen molar-refractivity contribution < 1.29 is 23.7 Å². The third kappa shape index (κ3) is 5.44. The molecular formula is C25H30N2O5. The molecule has 3 rings (SSSR count). The third-order valence-corrected chi connectivity index (χ3v) is 5.96. The molecule has 0 aromatic heterocycles. The van der Waals surface area contributed by atoms with E-state index in [1.165, 1.54) is 0 Å². The van der Waals surface area contributed by atoms with Gasteiger partial charge in [-0.15, -0.1) is 0 Å². The van der Waals surface area contributed by atoms with E-state index in [4.69, 9.17) is 18.9 Å². The summed E-state index contributed by atoms with van der Waals surface area (Å²) >= 11 is 0. The number of ether oxygens (including phenoxy) is 4. The van der Waals surface area contributed by atoms with E-state index in [0.29, 0.717) is 42.4 Å². The topological polar surface area (TPSA) is 89.8 Å². The maximum atomic E-state index is 11.2. The SMILES string of the molecule is COc1ccc(CC(CCCC(C)(C#N)C2COc3ccccc3O2)NC=O)cc1OC. The highest BCUT2D eigenvalue weighted by atomic mass is 16.6. The van der Waals surface area contributed by atoms with Crippen LogP contribution in [0.1, 0.15) is 31.7 Å². The molecule has 32 heavy (non-hydrogen) atoms. The first-order valence-corrected chi connectivity index (χ1v) is 10.7. The summed E-state index contributed by atoms with van der Waals surface area (Å²) in [7, 11) is 3.20. The number of nitriles is 1. The van der Waals surface area contributed by atoms with Gasteiger partial charge in [0.15, 0.2) is 29.1 Å². The molecule has 1 amide bonds. The first-order valence-electron chi connectivity index (χ1n) is 10.7. The van der Waals surface area contributed by atoms with Gasteiger partial charge in [-0.1, -0.05) is 18.2 Å². The van der Waals surface area contributed by atoms with Gasteiger partial charge in [-0.05, 0) is 62.4 Å². The number of benzene rings is 2. The Labute approximate surface area is 189 Å². The van der Waals surface area contributed by atoms with Crippen molar-refractivity contribution >= 4 is 6.41 Å². The van der Waals surface area contributed by atoms with E-state index in [0.717, 1.165) is 24.8 Å². The van der Waals surface area contributed by atoms with Crippen LogP contribution >= 0.6 is 0 Å². The Balaban J connectivity index is 1.60. The Bertz CT molecular complexity index is 958. The van der Waals surface area contributed by atoms with Crippen LogP contribution in [0.3, 0.4) is 0 Å². The average Bonchev–Trinajstić information content (AvgIpc) is 2.83. The Morgan fingerprint density at radius 1 is 1.22 bits per heavy atom. The fraction of sp³-hybridized carbons (Fsp3) is 0.440. The molecule has 0 saturated carbocycles. The lowest BCUT2D eigenvalue weighted by molar-refractivity contribution is -0.110. The molecule has 7 nitrogen and oxygen atoms in total. The monoisotopic (exact) mass is 438 g/mol. The lowest BCUT2D eigenvalue weighted by Crippen LogP contribution is -2.43. The van der Waals surface area contributed by atoms with Crippen LogP contribution in [0.15, 0.2) is 42.5 Å². The van der Waals surface area contributed by atoms with Crippen LogP contribution in [0.25, 0.3) is 0 Å². The summed E-state index contributed by atoms with van der Waals surface area (Å²) in [6.45, 7) is 2.24. The molecule has 1 N–H and O–H groups in total. The maximum absolute atomic E-state index is 11.2. The molecule has 1 aliphatic rings. The van der Waals surface area contributed by atoms with Crippen LogP contribution in [-0.2, 0) is 11.2 Å². The van der Waals surface area contributed by atoms with E-state index < -0.39 is 5.41 Å². The number of rotatable bonds is 11. The molecule has 0 bridgehead atoms. The van der Waals surface area contributed by atoms with Gasteiger partial charge in [0.2, 0.25) is 6.41 Å². The lowest BCUT2D eigenvalue weighted by atomic mass is 9.80. The van der Waals surface area contributed by atoms with Gasteiger partial charge in [0.25, 0.3) is 0 Å². The summed E-state index contributed by atoms with van der Waals surface area (Å²) in [5.74, 6) is 2.69. The van der Waals surface area contributed by atoms with Crippen molar-refractivity contribution in [2.75, 3.05) is 20.8 Å².